The molecule has 2 aromatic rings. The molecule has 1 aromatic heterocycles. The van der Waals surface area contributed by atoms with Gasteiger partial charge in [-0.05, 0) is 37.5 Å². The molecule has 26 heavy (non-hydrogen) atoms. The monoisotopic (exact) mass is 392 g/mol. The van der Waals surface area contributed by atoms with Gasteiger partial charge in [-0.25, -0.2) is 0 Å². The van der Waals surface area contributed by atoms with Crippen LogP contribution in [0.25, 0.3) is 0 Å². The number of aryl methyl sites for hydroxylation is 1. The van der Waals surface area contributed by atoms with Crippen LogP contribution in [0.2, 0.25) is 5.02 Å². The maximum Gasteiger partial charge on any atom is 0.230 e. The van der Waals surface area contributed by atoms with E-state index >= 15 is 0 Å². The molecule has 0 saturated heterocycles. The van der Waals surface area contributed by atoms with E-state index in [4.69, 9.17) is 16.3 Å². The van der Waals surface area contributed by atoms with Crippen LogP contribution in [-0.4, -0.2) is 32.5 Å². The predicted molar refractivity (Wildman–Crippen MR) is 103 cm³/mol. The zero-order valence-corrected chi connectivity index (χ0v) is 16.1. The molecule has 8 heteroatoms. The Kier molecular flexibility index (Phi) is 6.21. The molecule has 0 spiro atoms. The molecule has 1 aromatic carbocycles. The number of nitrogens with zero attached hydrogens (tertiary/aromatic N) is 3. The summed E-state index contributed by atoms with van der Waals surface area (Å²) >= 11 is 7.53. The summed E-state index contributed by atoms with van der Waals surface area (Å²) in [5, 5.41) is 12.6. The average molecular weight is 393 g/mol. The highest BCUT2D eigenvalue weighted by molar-refractivity contribution is 7.99. The van der Waals surface area contributed by atoms with E-state index in [0.717, 1.165) is 18.4 Å². The number of halogens is 1. The minimum absolute atomic E-state index is 0.0231. The maximum absolute atomic E-state index is 11.9. The number of aromatic nitrogens is 3. The van der Waals surface area contributed by atoms with E-state index in [-0.39, 0.29) is 12.5 Å². The number of allylic oxidation sites excluding steroid dienone is 1. The molecule has 6 nitrogen and oxygen atoms in total. The quantitative estimate of drug-likeness (QED) is 0.523. The Morgan fingerprint density at radius 2 is 2.31 bits per heavy atom. The van der Waals surface area contributed by atoms with E-state index in [1.54, 1.807) is 12.1 Å². The largest absolute Gasteiger partial charge is 0.484 e. The van der Waals surface area contributed by atoms with Crippen molar-refractivity contribution in [3.8, 4) is 5.75 Å². The van der Waals surface area contributed by atoms with Gasteiger partial charge >= 0.3 is 0 Å². The summed E-state index contributed by atoms with van der Waals surface area (Å²) < 4.78 is 7.71. The van der Waals surface area contributed by atoms with Crippen LogP contribution < -0.4 is 10.1 Å². The van der Waals surface area contributed by atoms with Gasteiger partial charge in [0.1, 0.15) is 12.4 Å². The molecule has 1 fully saturated rings. The Bertz CT molecular complexity index is 804. The van der Waals surface area contributed by atoms with Crippen molar-refractivity contribution in [2.75, 3.05) is 5.75 Å². The molecule has 1 aliphatic carbocycles. The molecule has 1 saturated carbocycles. The van der Waals surface area contributed by atoms with Crippen LogP contribution in [0, 0.1) is 6.92 Å². The summed E-state index contributed by atoms with van der Waals surface area (Å²) in [7, 11) is 0. The van der Waals surface area contributed by atoms with Crippen LogP contribution in [0.3, 0.4) is 0 Å². The summed E-state index contributed by atoms with van der Waals surface area (Å²) in [5.41, 5.74) is 1.06. The highest BCUT2D eigenvalue weighted by Crippen LogP contribution is 2.26. The topological polar surface area (TPSA) is 69.0 Å². The van der Waals surface area contributed by atoms with Gasteiger partial charge in [-0.2, -0.15) is 0 Å². The first-order valence-electron chi connectivity index (χ1n) is 8.41. The number of hydrogen-bond acceptors (Lipinski definition) is 5. The van der Waals surface area contributed by atoms with Crippen LogP contribution in [0.5, 0.6) is 5.75 Å². The Morgan fingerprint density at radius 1 is 1.50 bits per heavy atom. The summed E-state index contributed by atoms with van der Waals surface area (Å²) in [6, 6.07) is 5.98. The fourth-order valence-corrected chi connectivity index (χ4v) is 3.29. The summed E-state index contributed by atoms with van der Waals surface area (Å²) in [4.78, 5) is 11.9. The third-order valence-corrected chi connectivity index (χ3v) is 5.10. The molecule has 0 atom stereocenters. The standard InChI is InChI=1S/C18H21ClN4O2S/c1-3-8-23-16(10-25-15-9-12(2)4-7-14(15)19)21-22-18(23)26-11-17(24)20-13-5-6-13/h3-4,7,9,13H,1,5-6,8,10-11H2,2H3,(H,20,24). The van der Waals surface area contributed by atoms with Gasteiger partial charge in [0, 0.05) is 12.6 Å². The SMILES string of the molecule is C=CCn1c(COc2cc(C)ccc2Cl)nnc1SCC(=O)NC1CC1. The van der Waals surface area contributed by atoms with E-state index in [0.29, 0.717) is 40.1 Å². The molecular weight excluding hydrogens is 372 g/mol. The number of thioether (sulfide) groups is 1. The highest BCUT2D eigenvalue weighted by atomic mass is 35.5. The van der Waals surface area contributed by atoms with E-state index in [9.17, 15) is 4.79 Å². The van der Waals surface area contributed by atoms with Gasteiger partial charge in [0.05, 0.1) is 10.8 Å². The maximum atomic E-state index is 11.9. The van der Waals surface area contributed by atoms with Gasteiger partial charge in [0.15, 0.2) is 11.0 Å². The lowest BCUT2D eigenvalue weighted by Gasteiger charge is -2.10. The molecule has 138 valence electrons. The Hall–Kier alpha value is -1.99. The molecule has 0 aliphatic heterocycles. The fraction of sp³-hybridized carbons (Fsp3) is 0.389. The van der Waals surface area contributed by atoms with Crippen molar-refractivity contribution < 1.29 is 9.53 Å². The zero-order valence-electron chi connectivity index (χ0n) is 14.6. The molecule has 3 rings (SSSR count). The van der Waals surface area contributed by atoms with E-state index < -0.39 is 0 Å². The van der Waals surface area contributed by atoms with Crippen LogP contribution >= 0.6 is 23.4 Å². The second kappa shape index (κ2) is 8.60. The van der Waals surface area contributed by atoms with Gasteiger partial charge < -0.3 is 10.1 Å². The third kappa shape index (κ3) is 5.02. The first-order chi connectivity index (χ1) is 12.6. The van der Waals surface area contributed by atoms with Gasteiger partial charge in [-0.3, -0.25) is 9.36 Å². The second-order valence-corrected chi connectivity index (χ2v) is 7.50. The molecule has 0 bridgehead atoms. The average Bonchev–Trinajstić information content (AvgIpc) is 3.35. The van der Waals surface area contributed by atoms with E-state index in [2.05, 4.69) is 22.1 Å². The van der Waals surface area contributed by atoms with Gasteiger partial charge in [0.2, 0.25) is 5.91 Å². The zero-order chi connectivity index (χ0) is 18.5. The minimum atomic E-state index is 0.0231. The lowest BCUT2D eigenvalue weighted by atomic mass is 10.2. The number of rotatable bonds is 9. The number of hydrogen-bond donors (Lipinski definition) is 1. The number of benzene rings is 1. The van der Waals surface area contributed by atoms with E-state index in [1.165, 1.54) is 11.8 Å². The van der Waals surface area contributed by atoms with Crippen molar-refractivity contribution in [3.05, 3.63) is 47.3 Å². The molecule has 1 aliphatic rings. The number of amides is 1. The van der Waals surface area contributed by atoms with Crippen LogP contribution in [0.1, 0.15) is 24.2 Å². The molecular formula is C18H21ClN4O2S. The smallest absolute Gasteiger partial charge is 0.230 e. The van der Waals surface area contributed by atoms with Crippen molar-refractivity contribution in [1.82, 2.24) is 20.1 Å². The number of carbonyl (C=O) groups excluding carboxylic acids is 1. The fourth-order valence-electron chi connectivity index (χ4n) is 2.34. The Morgan fingerprint density at radius 3 is 3.04 bits per heavy atom. The summed E-state index contributed by atoms with van der Waals surface area (Å²) in [6.07, 6.45) is 3.92. The molecule has 0 unspecified atom stereocenters. The normalized spacial score (nSPS) is 13.5. The number of ether oxygens (including phenoxy) is 1. The molecule has 1 heterocycles. The second-order valence-electron chi connectivity index (χ2n) is 6.15. The predicted octanol–water partition coefficient (Wildman–Crippen LogP) is 3.38. The van der Waals surface area contributed by atoms with Gasteiger partial charge in [-0.15, -0.1) is 16.8 Å². The minimum Gasteiger partial charge on any atom is -0.484 e. The Labute approximate surface area is 162 Å². The van der Waals surface area contributed by atoms with Crippen molar-refractivity contribution in [3.63, 3.8) is 0 Å². The molecule has 1 amide bonds. The summed E-state index contributed by atoms with van der Waals surface area (Å²) in [6.45, 7) is 6.53. The van der Waals surface area contributed by atoms with Crippen molar-refractivity contribution >= 4 is 29.3 Å². The lowest BCUT2D eigenvalue weighted by molar-refractivity contribution is -0.118. The van der Waals surface area contributed by atoms with Crippen molar-refractivity contribution in [1.29, 1.82) is 0 Å². The van der Waals surface area contributed by atoms with Gasteiger partial charge in [-0.1, -0.05) is 35.5 Å². The molecule has 0 radical (unpaired) electrons. The van der Waals surface area contributed by atoms with Crippen LogP contribution in [-0.2, 0) is 17.9 Å². The van der Waals surface area contributed by atoms with Gasteiger partial charge in [0.25, 0.3) is 0 Å². The lowest BCUT2D eigenvalue weighted by Crippen LogP contribution is -2.27. The first kappa shape index (κ1) is 18.8. The highest BCUT2D eigenvalue weighted by Gasteiger charge is 2.23. The van der Waals surface area contributed by atoms with Crippen LogP contribution in [0.15, 0.2) is 36.0 Å². The van der Waals surface area contributed by atoms with Crippen LogP contribution in [0.4, 0.5) is 0 Å². The van der Waals surface area contributed by atoms with E-state index in [1.807, 2.05) is 23.6 Å². The molecule has 1 N–H and O–H groups in total. The van der Waals surface area contributed by atoms with Crippen molar-refractivity contribution in [2.24, 2.45) is 0 Å². The number of nitrogens with one attached hydrogen (secondary N) is 1. The third-order valence-electron chi connectivity index (χ3n) is 3.82. The first-order valence-corrected chi connectivity index (χ1v) is 9.77. The number of carbonyl (C=O) groups is 1. The van der Waals surface area contributed by atoms with Crippen molar-refractivity contribution in [2.45, 2.75) is 44.1 Å². The summed E-state index contributed by atoms with van der Waals surface area (Å²) in [5.74, 6) is 1.61. The Balaban J connectivity index is 1.64.